The quantitative estimate of drug-likeness (QED) is 0.926. The van der Waals surface area contributed by atoms with Crippen molar-refractivity contribution < 1.29 is 14.1 Å². The minimum absolute atomic E-state index is 0.0510. The van der Waals surface area contributed by atoms with Crippen LogP contribution in [0, 0.1) is 0 Å². The van der Waals surface area contributed by atoms with Gasteiger partial charge in [0.05, 0.1) is 23.0 Å². The van der Waals surface area contributed by atoms with E-state index < -0.39 is 16.8 Å². The van der Waals surface area contributed by atoms with Crippen LogP contribution < -0.4 is 0 Å². The Kier molecular flexibility index (Phi) is 3.71. The first-order valence-electron chi connectivity index (χ1n) is 6.65. The van der Waals surface area contributed by atoms with Gasteiger partial charge in [-0.25, -0.2) is 0 Å². The van der Waals surface area contributed by atoms with Crippen molar-refractivity contribution in [1.82, 2.24) is 0 Å². The topological polar surface area (TPSA) is 54.4 Å². The van der Waals surface area contributed by atoms with Crippen LogP contribution in [0.2, 0.25) is 0 Å². The van der Waals surface area contributed by atoms with Gasteiger partial charge in [0, 0.05) is 4.90 Å². The molecule has 0 saturated carbocycles. The standard InChI is InChI=1S/C17H14O3S/c18-17(19)10-9-14-13-6-2-1-5-12(13)11-21(20)16-8-4-3-7-15(14)16/h1-9H,10-11H2,(H,18,19)/b14-9+. The number of rotatable bonds is 2. The minimum Gasteiger partial charge on any atom is -0.481 e. The smallest absolute Gasteiger partial charge is 0.307 e. The summed E-state index contributed by atoms with van der Waals surface area (Å²) < 4.78 is 12.5. The van der Waals surface area contributed by atoms with Crippen LogP contribution in [-0.2, 0) is 21.3 Å². The van der Waals surface area contributed by atoms with E-state index in [0.717, 1.165) is 27.2 Å². The SMILES string of the molecule is O=C(O)C/C=C1\c2ccccc2CS(=O)c2ccccc21. The molecule has 2 aromatic rings. The number of hydrogen-bond acceptors (Lipinski definition) is 2. The maximum Gasteiger partial charge on any atom is 0.307 e. The lowest BCUT2D eigenvalue weighted by atomic mass is 9.93. The number of carboxylic acid groups (broad SMARTS) is 1. The van der Waals surface area contributed by atoms with Crippen molar-refractivity contribution >= 4 is 22.3 Å². The Balaban J connectivity index is 2.26. The van der Waals surface area contributed by atoms with E-state index in [9.17, 15) is 9.00 Å². The van der Waals surface area contributed by atoms with Crippen LogP contribution in [0.15, 0.2) is 59.5 Å². The molecule has 1 heterocycles. The Morgan fingerprint density at radius 3 is 2.52 bits per heavy atom. The van der Waals surface area contributed by atoms with Crippen LogP contribution in [0.4, 0.5) is 0 Å². The van der Waals surface area contributed by atoms with Crippen molar-refractivity contribution in [1.29, 1.82) is 0 Å². The molecule has 1 aliphatic rings. The van der Waals surface area contributed by atoms with Crippen molar-refractivity contribution in [3.8, 4) is 0 Å². The monoisotopic (exact) mass is 298 g/mol. The highest BCUT2D eigenvalue weighted by Crippen LogP contribution is 2.35. The summed E-state index contributed by atoms with van der Waals surface area (Å²) in [6, 6.07) is 15.3. The summed E-state index contributed by atoms with van der Waals surface area (Å²) in [6.45, 7) is 0. The maximum absolute atomic E-state index is 12.5. The second-order valence-corrected chi connectivity index (χ2v) is 6.28. The molecule has 0 bridgehead atoms. The van der Waals surface area contributed by atoms with Gasteiger partial charge in [0.2, 0.25) is 0 Å². The Labute approximate surface area is 125 Å². The van der Waals surface area contributed by atoms with Gasteiger partial charge in [-0.2, -0.15) is 0 Å². The van der Waals surface area contributed by atoms with E-state index in [4.69, 9.17) is 5.11 Å². The molecule has 3 nitrogen and oxygen atoms in total. The molecule has 0 aliphatic carbocycles. The molecule has 21 heavy (non-hydrogen) atoms. The highest BCUT2D eigenvalue weighted by molar-refractivity contribution is 7.84. The summed E-state index contributed by atoms with van der Waals surface area (Å²) in [5, 5.41) is 8.96. The second kappa shape index (κ2) is 5.66. The van der Waals surface area contributed by atoms with E-state index in [-0.39, 0.29) is 6.42 Å². The van der Waals surface area contributed by atoms with Crippen LogP contribution in [0.1, 0.15) is 23.1 Å². The van der Waals surface area contributed by atoms with Crippen LogP contribution in [-0.4, -0.2) is 15.3 Å². The second-order valence-electron chi connectivity index (χ2n) is 4.86. The number of benzene rings is 2. The van der Waals surface area contributed by atoms with E-state index in [1.807, 2.05) is 48.5 Å². The zero-order valence-corrected chi connectivity index (χ0v) is 12.1. The predicted octanol–water partition coefficient (Wildman–Crippen LogP) is 3.21. The highest BCUT2D eigenvalue weighted by Gasteiger charge is 2.21. The minimum atomic E-state index is -1.12. The van der Waals surface area contributed by atoms with Crippen LogP contribution in [0.25, 0.3) is 5.57 Å². The highest BCUT2D eigenvalue weighted by atomic mass is 32.2. The normalized spacial score (nSPS) is 18.7. The van der Waals surface area contributed by atoms with E-state index >= 15 is 0 Å². The van der Waals surface area contributed by atoms with E-state index in [0.29, 0.717) is 5.75 Å². The van der Waals surface area contributed by atoms with Gasteiger partial charge in [0.25, 0.3) is 0 Å². The first kappa shape index (κ1) is 13.8. The fourth-order valence-corrected chi connectivity index (χ4v) is 3.91. The van der Waals surface area contributed by atoms with Gasteiger partial charge in [-0.3, -0.25) is 9.00 Å². The average Bonchev–Trinajstić information content (AvgIpc) is 2.60. The van der Waals surface area contributed by atoms with Crippen molar-refractivity contribution in [2.45, 2.75) is 17.1 Å². The number of hydrogen-bond donors (Lipinski definition) is 1. The molecule has 1 unspecified atom stereocenters. The molecule has 1 aliphatic heterocycles. The molecule has 1 atom stereocenters. The van der Waals surface area contributed by atoms with Crippen LogP contribution in [0.5, 0.6) is 0 Å². The van der Waals surface area contributed by atoms with Crippen LogP contribution >= 0.6 is 0 Å². The lowest BCUT2D eigenvalue weighted by Crippen LogP contribution is -1.96. The molecule has 0 radical (unpaired) electrons. The lowest BCUT2D eigenvalue weighted by molar-refractivity contribution is -0.135. The molecular weight excluding hydrogens is 284 g/mol. The number of fused-ring (bicyclic) bond motifs is 2. The molecule has 2 aromatic carbocycles. The third kappa shape index (κ3) is 2.67. The van der Waals surface area contributed by atoms with E-state index in [1.165, 1.54) is 0 Å². The zero-order chi connectivity index (χ0) is 14.8. The lowest BCUT2D eigenvalue weighted by Gasteiger charge is -2.10. The third-order valence-electron chi connectivity index (χ3n) is 3.50. The number of carbonyl (C=O) groups is 1. The Bertz CT molecular complexity index is 762. The van der Waals surface area contributed by atoms with Gasteiger partial charge in [0.15, 0.2) is 0 Å². The molecular formula is C17H14O3S. The van der Waals surface area contributed by atoms with Crippen LogP contribution in [0.3, 0.4) is 0 Å². The average molecular weight is 298 g/mol. The Hall–Kier alpha value is -2.20. The summed E-state index contributed by atoms with van der Waals surface area (Å²) >= 11 is 0. The first-order valence-corrected chi connectivity index (χ1v) is 7.96. The molecule has 0 aromatic heterocycles. The summed E-state index contributed by atoms with van der Waals surface area (Å²) in [6.07, 6.45) is 1.66. The molecule has 0 fully saturated rings. The van der Waals surface area contributed by atoms with Crippen molar-refractivity contribution in [2.75, 3.05) is 0 Å². The Morgan fingerprint density at radius 1 is 1.10 bits per heavy atom. The summed E-state index contributed by atoms with van der Waals surface area (Å²) in [5.41, 5.74) is 3.68. The van der Waals surface area contributed by atoms with Gasteiger partial charge in [-0.15, -0.1) is 0 Å². The molecule has 0 saturated heterocycles. The Morgan fingerprint density at radius 2 is 1.76 bits per heavy atom. The fraction of sp³-hybridized carbons (Fsp3) is 0.118. The summed E-state index contributed by atoms with van der Waals surface area (Å²) in [7, 11) is -1.12. The number of carboxylic acids is 1. The van der Waals surface area contributed by atoms with Crippen molar-refractivity contribution in [2.24, 2.45) is 0 Å². The zero-order valence-electron chi connectivity index (χ0n) is 11.3. The molecule has 3 rings (SSSR count). The predicted molar refractivity (Wildman–Crippen MR) is 82.3 cm³/mol. The molecule has 0 amide bonds. The maximum atomic E-state index is 12.5. The van der Waals surface area contributed by atoms with E-state index in [2.05, 4.69) is 0 Å². The van der Waals surface area contributed by atoms with Gasteiger partial charge < -0.3 is 5.11 Å². The van der Waals surface area contributed by atoms with Gasteiger partial charge in [-0.05, 0) is 28.3 Å². The first-order chi connectivity index (χ1) is 10.2. The van der Waals surface area contributed by atoms with E-state index in [1.54, 1.807) is 6.08 Å². The fourth-order valence-electron chi connectivity index (χ4n) is 2.57. The number of aliphatic carboxylic acids is 1. The molecule has 0 spiro atoms. The van der Waals surface area contributed by atoms with Crippen molar-refractivity contribution in [3.63, 3.8) is 0 Å². The third-order valence-corrected chi connectivity index (χ3v) is 4.92. The summed E-state index contributed by atoms with van der Waals surface area (Å²) in [4.78, 5) is 11.7. The van der Waals surface area contributed by atoms with Gasteiger partial charge >= 0.3 is 5.97 Å². The van der Waals surface area contributed by atoms with Gasteiger partial charge in [0.1, 0.15) is 0 Å². The largest absolute Gasteiger partial charge is 0.481 e. The molecule has 1 N–H and O–H groups in total. The van der Waals surface area contributed by atoms with Gasteiger partial charge in [-0.1, -0.05) is 48.5 Å². The molecule has 4 heteroatoms. The summed E-state index contributed by atoms with van der Waals surface area (Å²) in [5.74, 6) is -0.416. The van der Waals surface area contributed by atoms with Crippen molar-refractivity contribution in [3.05, 3.63) is 71.3 Å². The molecule has 106 valence electrons.